The molecule has 15 heavy (non-hydrogen) atoms. The monoisotopic (exact) mass is 204 g/mol. The van der Waals surface area contributed by atoms with Gasteiger partial charge in [-0.3, -0.25) is 0 Å². The van der Waals surface area contributed by atoms with Gasteiger partial charge in [0.1, 0.15) is 5.52 Å². The number of fused-ring (bicyclic) bond motifs is 1. The molecule has 0 radical (unpaired) electrons. The van der Waals surface area contributed by atoms with Crippen LogP contribution in [0.3, 0.4) is 0 Å². The zero-order chi connectivity index (χ0) is 10.8. The fourth-order valence-electron chi connectivity index (χ4n) is 1.99. The van der Waals surface area contributed by atoms with E-state index in [0.29, 0.717) is 6.67 Å². The van der Waals surface area contributed by atoms with Crippen molar-refractivity contribution in [1.82, 2.24) is 15.0 Å². The van der Waals surface area contributed by atoms with E-state index in [4.69, 9.17) is 5.73 Å². The fourth-order valence-corrected chi connectivity index (χ4v) is 1.99. The Balaban J connectivity index is 2.72. The van der Waals surface area contributed by atoms with E-state index in [1.807, 2.05) is 0 Å². The van der Waals surface area contributed by atoms with E-state index < -0.39 is 0 Å². The van der Waals surface area contributed by atoms with E-state index in [1.165, 1.54) is 11.1 Å². The van der Waals surface area contributed by atoms with Crippen LogP contribution in [0.2, 0.25) is 0 Å². The van der Waals surface area contributed by atoms with Crippen LogP contribution in [0.1, 0.15) is 25.0 Å². The van der Waals surface area contributed by atoms with Gasteiger partial charge in [-0.15, -0.1) is 5.10 Å². The molecule has 4 nitrogen and oxygen atoms in total. The summed E-state index contributed by atoms with van der Waals surface area (Å²) >= 11 is 0. The van der Waals surface area contributed by atoms with E-state index >= 15 is 0 Å². The molecule has 1 aromatic carbocycles. The molecule has 0 spiro atoms. The molecule has 1 heterocycles. The van der Waals surface area contributed by atoms with Crippen LogP contribution in [0, 0.1) is 0 Å². The van der Waals surface area contributed by atoms with Gasteiger partial charge < -0.3 is 5.73 Å². The lowest BCUT2D eigenvalue weighted by molar-refractivity contribution is 0.627. The average Bonchev–Trinajstić information content (AvgIpc) is 2.70. The molecule has 0 saturated carbocycles. The molecule has 2 rings (SSSR count). The van der Waals surface area contributed by atoms with Crippen LogP contribution in [0.15, 0.2) is 12.1 Å². The summed E-state index contributed by atoms with van der Waals surface area (Å²) < 4.78 is 1.73. The van der Waals surface area contributed by atoms with Crippen LogP contribution in [-0.2, 0) is 19.5 Å². The maximum absolute atomic E-state index is 5.58. The van der Waals surface area contributed by atoms with E-state index in [9.17, 15) is 0 Å². The van der Waals surface area contributed by atoms with Crippen LogP contribution >= 0.6 is 0 Å². The Labute approximate surface area is 89.1 Å². The zero-order valence-corrected chi connectivity index (χ0v) is 9.20. The highest BCUT2D eigenvalue weighted by atomic mass is 15.4. The van der Waals surface area contributed by atoms with Crippen molar-refractivity contribution < 1.29 is 0 Å². The summed E-state index contributed by atoms with van der Waals surface area (Å²) in [6.45, 7) is 4.69. The van der Waals surface area contributed by atoms with Crippen molar-refractivity contribution in [2.24, 2.45) is 5.73 Å². The second-order valence-corrected chi connectivity index (χ2v) is 3.55. The lowest BCUT2D eigenvalue weighted by Crippen LogP contribution is -2.08. The van der Waals surface area contributed by atoms with Crippen molar-refractivity contribution >= 4 is 11.0 Å². The van der Waals surface area contributed by atoms with Gasteiger partial charge in [0.25, 0.3) is 0 Å². The van der Waals surface area contributed by atoms with Crippen molar-refractivity contribution in [3.63, 3.8) is 0 Å². The van der Waals surface area contributed by atoms with Gasteiger partial charge in [-0.2, -0.15) is 0 Å². The second kappa shape index (κ2) is 3.98. The lowest BCUT2D eigenvalue weighted by Gasteiger charge is -2.06. The number of aryl methyl sites for hydroxylation is 2. The Morgan fingerprint density at radius 1 is 1.27 bits per heavy atom. The number of benzene rings is 1. The lowest BCUT2D eigenvalue weighted by atomic mass is 10.0. The van der Waals surface area contributed by atoms with Crippen molar-refractivity contribution in [3.05, 3.63) is 23.3 Å². The van der Waals surface area contributed by atoms with Gasteiger partial charge in [0.15, 0.2) is 0 Å². The minimum atomic E-state index is 0.380. The molecule has 0 unspecified atom stereocenters. The SMILES string of the molecule is CCc1ccc2c(nnn2CN)c1CC. The Morgan fingerprint density at radius 2 is 2.07 bits per heavy atom. The predicted octanol–water partition coefficient (Wildman–Crippen LogP) is 1.47. The maximum atomic E-state index is 5.58. The van der Waals surface area contributed by atoms with Gasteiger partial charge in [-0.05, 0) is 30.0 Å². The first-order valence-corrected chi connectivity index (χ1v) is 5.35. The van der Waals surface area contributed by atoms with Crippen LogP contribution in [0.4, 0.5) is 0 Å². The standard InChI is InChI=1S/C11H16N4/c1-3-8-5-6-10-11(9(8)4-2)13-14-15(10)7-12/h5-6H,3-4,7,12H2,1-2H3. The summed E-state index contributed by atoms with van der Waals surface area (Å²) in [5.74, 6) is 0. The molecule has 0 saturated heterocycles. The molecule has 4 heteroatoms. The average molecular weight is 204 g/mol. The van der Waals surface area contributed by atoms with Crippen molar-refractivity contribution in [2.45, 2.75) is 33.4 Å². The summed E-state index contributed by atoms with van der Waals surface area (Å²) in [4.78, 5) is 0. The molecule has 2 N–H and O–H groups in total. The highest BCUT2D eigenvalue weighted by Crippen LogP contribution is 2.21. The summed E-state index contributed by atoms with van der Waals surface area (Å²) in [5, 5.41) is 8.24. The summed E-state index contributed by atoms with van der Waals surface area (Å²) in [6.07, 6.45) is 2.03. The van der Waals surface area contributed by atoms with Gasteiger partial charge in [-0.1, -0.05) is 25.1 Å². The van der Waals surface area contributed by atoms with Crippen molar-refractivity contribution in [1.29, 1.82) is 0 Å². The largest absolute Gasteiger partial charge is 0.312 e. The van der Waals surface area contributed by atoms with Gasteiger partial charge >= 0.3 is 0 Å². The minimum absolute atomic E-state index is 0.380. The third-order valence-corrected chi connectivity index (χ3v) is 2.80. The van der Waals surface area contributed by atoms with E-state index in [0.717, 1.165) is 23.9 Å². The molecule has 0 bridgehead atoms. The van der Waals surface area contributed by atoms with Gasteiger partial charge in [0.05, 0.1) is 12.2 Å². The normalized spacial score (nSPS) is 11.1. The first kappa shape index (κ1) is 10.1. The number of nitrogens with two attached hydrogens (primary N) is 1. The highest BCUT2D eigenvalue weighted by molar-refractivity contribution is 5.79. The Kier molecular flexibility index (Phi) is 2.68. The molecule has 0 aliphatic carbocycles. The van der Waals surface area contributed by atoms with Crippen LogP contribution in [-0.4, -0.2) is 15.0 Å². The minimum Gasteiger partial charge on any atom is -0.312 e. The summed E-state index contributed by atoms with van der Waals surface area (Å²) in [7, 11) is 0. The van der Waals surface area contributed by atoms with Crippen molar-refractivity contribution in [3.8, 4) is 0 Å². The Hall–Kier alpha value is -1.42. The molecule has 0 atom stereocenters. The van der Waals surface area contributed by atoms with Crippen LogP contribution < -0.4 is 5.73 Å². The van der Waals surface area contributed by atoms with Gasteiger partial charge in [0, 0.05) is 0 Å². The molecule has 80 valence electrons. The zero-order valence-electron chi connectivity index (χ0n) is 9.20. The number of hydrogen-bond acceptors (Lipinski definition) is 3. The Morgan fingerprint density at radius 3 is 2.67 bits per heavy atom. The number of hydrogen-bond donors (Lipinski definition) is 1. The molecule has 0 amide bonds. The van der Waals surface area contributed by atoms with Crippen molar-refractivity contribution in [2.75, 3.05) is 0 Å². The maximum Gasteiger partial charge on any atom is 0.116 e. The van der Waals surface area contributed by atoms with Crippen LogP contribution in [0.5, 0.6) is 0 Å². The smallest absolute Gasteiger partial charge is 0.116 e. The first-order valence-electron chi connectivity index (χ1n) is 5.35. The quantitative estimate of drug-likeness (QED) is 0.823. The Bertz CT molecular complexity index is 473. The molecule has 0 fully saturated rings. The van der Waals surface area contributed by atoms with E-state index in [1.54, 1.807) is 4.68 Å². The molecule has 0 aliphatic heterocycles. The molecule has 2 aromatic rings. The van der Waals surface area contributed by atoms with E-state index in [2.05, 4.69) is 36.3 Å². The van der Waals surface area contributed by atoms with Crippen LogP contribution in [0.25, 0.3) is 11.0 Å². The molecule has 1 aromatic heterocycles. The second-order valence-electron chi connectivity index (χ2n) is 3.55. The highest BCUT2D eigenvalue weighted by Gasteiger charge is 2.10. The fraction of sp³-hybridized carbons (Fsp3) is 0.455. The van der Waals surface area contributed by atoms with Gasteiger partial charge in [0.2, 0.25) is 0 Å². The predicted molar refractivity (Wildman–Crippen MR) is 60.5 cm³/mol. The molecular weight excluding hydrogens is 188 g/mol. The topological polar surface area (TPSA) is 56.7 Å². The summed E-state index contributed by atoms with van der Waals surface area (Å²) in [5.41, 5.74) is 10.3. The number of nitrogens with zero attached hydrogens (tertiary/aromatic N) is 3. The first-order chi connectivity index (χ1) is 7.31. The van der Waals surface area contributed by atoms with Gasteiger partial charge in [-0.25, -0.2) is 4.68 Å². The third kappa shape index (κ3) is 1.51. The number of aromatic nitrogens is 3. The summed E-state index contributed by atoms with van der Waals surface area (Å²) in [6, 6.07) is 4.21. The molecular formula is C11H16N4. The number of rotatable bonds is 3. The van der Waals surface area contributed by atoms with E-state index in [-0.39, 0.29) is 0 Å². The molecule has 0 aliphatic rings. The third-order valence-electron chi connectivity index (χ3n) is 2.80.